The van der Waals surface area contributed by atoms with Gasteiger partial charge < -0.3 is 5.32 Å². The van der Waals surface area contributed by atoms with Gasteiger partial charge in [-0.2, -0.15) is 0 Å². The molecule has 0 radical (unpaired) electrons. The summed E-state index contributed by atoms with van der Waals surface area (Å²) in [6.45, 7) is 6.02. The largest absolute Gasteiger partial charge is 0.325 e. The fourth-order valence-electron chi connectivity index (χ4n) is 2.40. The fraction of sp³-hybridized carbons (Fsp3) is 0.235. The number of amides is 1. The highest BCUT2D eigenvalue weighted by atomic mass is 35.5. The molecule has 0 saturated carbocycles. The van der Waals surface area contributed by atoms with E-state index in [2.05, 4.69) is 17.4 Å². The van der Waals surface area contributed by atoms with Gasteiger partial charge in [0.2, 0.25) is 5.91 Å². The third-order valence-electron chi connectivity index (χ3n) is 3.31. The Balaban J connectivity index is 2.16. The Morgan fingerprint density at radius 2 is 1.67 bits per heavy atom. The van der Waals surface area contributed by atoms with Gasteiger partial charge in [-0.1, -0.05) is 47.0 Å². The van der Waals surface area contributed by atoms with Gasteiger partial charge in [0.05, 0.1) is 6.42 Å². The first-order valence-corrected chi connectivity index (χ1v) is 7.44. The second-order valence-corrected chi connectivity index (χ2v) is 6.08. The average Bonchev–Trinajstić information content (AvgIpc) is 2.37. The molecular formula is C17H17Cl2NO. The van der Waals surface area contributed by atoms with Gasteiger partial charge in [0.15, 0.2) is 0 Å². The summed E-state index contributed by atoms with van der Waals surface area (Å²) in [5.41, 5.74) is 4.94. The van der Waals surface area contributed by atoms with Crippen LogP contribution in [0.25, 0.3) is 0 Å². The molecule has 0 unspecified atom stereocenters. The average molecular weight is 322 g/mol. The summed E-state index contributed by atoms with van der Waals surface area (Å²) < 4.78 is 0. The molecule has 2 aromatic rings. The van der Waals surface area contributed by atoms with Gasteiger partial charge in [-0.25, -0.2) is 0 Å². The standard InChI is InChI=1S/C17H17Cl2NO/c1-10-6-11(2)17(12(3)7-10)20-16(21)8-13-4-5-14(18)9-15(13)19/h4-7,9H,8H2,1-3H3,(H,20,21). The molecule has 1 amide bonds. The van der Waals surface area contributed by atoms with Crippen molar-refractivity contribution in [3.05, 3.63) is 62.6 Å². The molecule has 1 N–H and O–H groups in total. The lowest BCUT2D eigenvalue weighted by atomic mass is 10.0. The van der Waals surface area contributed by atoms with E-state index in [0.717, 1.165) is 22.4 Å². The molecule has 2 rings (SSSR count). The third kappa shape index (κ3) is 3.99. The molecule has 110 valence electrons. The summed E-state index contributed by atoms with van der Waals surface area (Å²) in [4.78, 5) is 12.2. The van der Waals surface area contributed by atoms with Gasteiger partial charge in [-0.3, -0.25) is 4.79 Å². The Kier molecular flexibility index (Phi) is 4.92. The number of carbonyl (C=O) groups excluding carboxylic acids is 1. The molecular weight excluding hydrogens is 305 g/mol. The number of anilines is 1. The van der Waals surface area contributed by atoms with Crippen LogP contribution in [0.3, 0.4) is 0 Å². The van der Waals surface area contributed by atoms with Crippen molar-refractivity contribution in [2.24, 2.45) is 0 Å². The van der Waals surface area contributed by atoms with E-state index in [-0.39, 0.29) is 12.3 Å². The van der Waals surface area contributed by atoms with E-state index in [4.69, 9.17) is 23.2 Å². The smallest absolute Gasteiger partial charge is 0.228 e. The first-order chi connectivity index (χ1) is 9.86. The molecule has 0 aromatic heterocycles. The zero-order valence-corrected chi connectivity index (χ0v) is 13.8. The van der Waals surface area contributed by atoms with Crippen molar-refractivity contribution < 1.29 is 4.79 Å². The van der Waals surface area contributed by atoms with E-state index in [1.54, 1.807) is 18.2 Å². The highest BCUT2D eigenvalue weighted by Crippen LogP contribution is 2.24. The molecule has 0 bridgehead atoms. The number of carbonyl (C=O) groups is 1. The number of nitrogens with one attached hydrogen (secondary N) is 1. The van der Waals surface area contributed by atoms with Crippen molar-refractivity contribution in [2.45, 2.75) is 27.2 Å². The van der Waals surface area contributed by atoms with Crippen LogP contribution in [0.2, 0.25) is 10.0 Å². The van der Waals surface area contributed by atoms with Crippen LogP contribution in [0.1, 0.15) is 22.3 Å². The Morgan fingerprint density at radius 1 is 1.05 bits per heavy atom. The molecule has 0 aliphatic carbocycles. The van der Waals surface area contributed by atoms with Gasteiger partial charge in [0.25, 0.3) is 0 Å². The van der Waals surface area contributed by atoms with Crippen LogP contribution in [0.5, 0.6) is 0 Å². The Bertz CT molecular complexity index is 672. The van der Waals surface area contributed by atoms with Gasteiger partial charge in [-0.15, -0.1) is 0 Å². The van der Waals surface area contributed by atoms with Gasteiger partial charge in [0.1, 0.15) is 0 Å². The quantitative estimate of drug-likeness (QED) is 0.837. The topological polar surface area (TPSA) is 29.1 Å². The Hall–Kier alpha value is -1.51. The van der Waals surface area contributed by atoms with Crippen molar-refractivity contribution in [3.63, 3.8) is 0 Å². The summed E-state index contributed by atoms with van der Waals surface area (Å²) in [6.07, 6.45) is 0.225. The van der Waals surface area contributed by atoms with Crippen LogP contribution in [0.15, 0.2) is 30.3 Å². The van der Waals surface area contributed by atoms with Gasteiger partial charge >= 0.3 is 0 Å². The van der Waals surface area contributed by atoms with E-state index in [9.17, 15) is 4.79 Å². The summed E-state index contributed by atoms with van der Waals surface area (Å²) in [5, 5.41) is 4.04. The van der Waals surface area contributed by atoms with Crippen LogP contribution in [0.4, 0.5) is 5.69 Å². The predicted molar refractivity (Wildman–Crippen MR) is 89.4 cm³/mol. The Morgan fingerprint density at radius 3 is 2.24 bits per heavy atom. The van der Waals surface area contributed by atoms with Crippen molar-refractivity contribution in [3.8, 4) is 0 Å². The number of rotatable bonds is 3. The molecule has 0 heterocycles. The maximum Gasteiger partial charge on any atom is 0.228 e. The van der Waals surface area contributed by atoms with E-state index in [1.165, 1.54) is 5.56 Å². The molecule has 0 spiro atoms. The number of hydrogen-bond donors (Lipinski definition) is 1. The van der Waals surface area contributed by atoms with Crippen molar-refractivity contribution >= 4 is 34.8 Å². The zero-order chi connectivity index (χ0) is 15.6. The third-order valence-corrected chi connectivity index (χ3v) is 3.89. The van der Waals surface area contributed by atoms with E-state index >= 15 is 0 Å². The van der Waals surface area contributed by atoms with Crippen molar-refractivity contribution in [1.29, 1.82) is 0 Å². The van der Waals surface area contributed by atoms with Crippen molar-refractivity contribution in [1.82, 2.24) is 0 Å². The first-order valence-electron chi connectivity index (χ1n) is 6.68. The van der Waals surface area contributed by atoms with Crippen LogP contribution >= 0.6 is 23.2 Å². The summed E-state index contributed by atoms with van der Waals surface area (Å²) in [6, 6.07) is 9.27. The molecule has 2 aromatic carbocycles. The summed E-state index contributed by atoms with van der Waals surface area (Å²) in [5.74, 6) is -0.0886. The van der Waals surface area contributed by atoms with E-state index in [1.807, 2.05) is 20.8 Å². The van der Waals surface area contributed by atoms with Crippen LogP contribution in [-0.2, 0) is 11.2 Å². The number of benzene rings is 2. The minimum atomic E-state index is -0.0886. The highest BCUT2D eigenvalue weighted by molar-refractivity contribution is 6.35. The molecule has 0 fully saturated rings. The van der Waals surface area contributed by atoms with E-state index in [0.29, 0.717) is 10.0 Å². The molecule has 0 saturated heterocycles. The molecule has 21 heavy (non-hydrogen) atoms. The van der Waals surface area contributed by atoms with Crippen LogP contribution < -0.4 is 5.32 Å². The SMILES string of the molecule is Cc1cc(C)c(NC(=O)Cc2ccc(Cl)cc2Cl)c(C)c1. The lowest BCUT2D eigenvalue weighted by Gasteiger charge is -2.13. The summed E-state index contributed by atoms with van der Waals surface area (Å²) >= 11 is 12.0. The number of halogens is 2. The lowest BCUT2D eigenvalue weighted by molar-refractivity contribution is -0.115. The maximum absolute atomic E-state index is 12.2. The first kappa shape index (κ1) is 15.9. The highest BCUT2D eigenvalue weighted by Gasteiger charge is 2.11. The minimum absolute atomic E-state index is 0.0886. The van der Waals surface area contributed by atoms with Crippen LogP contribution in [-0.4, -0.2) is 5.91 Å². The maximum atomic E-state index is 12.2. The second kappa shape index (κ2) is 6.50. The van der Waals surface area contributed by atoms with Gasteiger partial charge in [-0.05, 0) is 49.6 Å². The molecule has 0 aliphatic heterocycles. The van der Waals surface area contributed by atoms with Crippen molar-refractivity contribution in [2.75, 3.05) is 5.32 Å². The molecule has 4 heteroatoms. The number of aryl methyl sites for hydroxylation is 3. The Labute approximate surface area is 135 Å². The molecule has 2 nitrogen and oxygen atoms in total. The normalized spacial score (nSPS) is 10.5. The fourth-order valence-corrected chi connectivity index (χ4v) is 2.87. The molecule has 0 aliphatic rings. The summed E-state index contributed by atoms with van der Waals surface area (Å²) in [7, 11) is 0. The minimum Gasteiger partial charge on any atom is -0.325 e. The van der Waals surface area contributed by atoms with E-state index < -0.39 is 0 Å². The zero-order valence-electron chi connectivity index (χ0n) is 12.3. The van der Waals surface area contributed by atoms with Crippen LogP contribution in [0, 0.1) is 20.8 Å². The molecule has 0 atom stereocenters. The number of hydrogen-bond acceptors (Lipinski definition) is 1. The second-order valence-electron chi connectivity index (χ2n) is 5.23. The lowest BCUT2D eigenvalue weighted by Crippen LogP contribution is -2.16. The van der Waals surface area contributed by atoms with Gasteiger partial charge in [0, 0.05) is 15.7 Å². The predicted octanol–water partition coefficient (Wildman–Crippen LogP) is 5.10. The monoisotopic (exact) mass is 321 g/mol.